The van der Waals surface area contributed by atoms with E-state index in [1.807, 2.05) is 27.7 Å². The van der Waals surface area contributed by atoms with E-state index in [0.717, 1.165) is 26.1 Å². The van der Waals surface area contributed by atoms with E-state index in [4.69, 9.17) is 14.2 Å². The summed E-state index contributed by atoms with van der Waals surface area (Å²) in [6.07, 6.45) is 3.23. The van der Waals surface area contributed by atoms with Crippen molar-refractivity contribution >= 4 is 12.0 Å². The molecule has 0 bridgehead atoms. The average Bonchev–Trinajstić information content (AvgIpc) is 2.71. The first kappa shape index (κ1) is 22.3. The first-order chi connectivity index (χ1) is 14.2. The Bertz CT molecular complexity index is 725. The zero-order valence-corrected chi connectivity index (χ0v) is 18.4. The Labute approximate surface area is 178 Å². The van der Waals surface area contributed by atoms with Crippen LogP contribution in [0.3, 0.4) is 0 Å². The molecule has 0 aromatic carbocycles. The van der Waals surface area contributed by atoms with Crippen LogP contribution in [0.2, 0.25) is 0 Å². The molecule has 0 N–H and O–H groups in total. The molecule has 8 heteroatoms. The molecule has 0 spiro atoms. The summed E-state index contributed by atoms with van der Waals surface area (Å²) in [5.41, 5.74) is -0.0148. The first-order valence-electron chi connectivity index (χ1n) is 10.7. The zero-order chi connectivity index (χ0) is 21.7. The lowest BCUT2D eigenvalue weighted by molar-refractivity contribution is 0.00616. The summed E-state index contributed by atoms with van der Waals surface area (Å²) in [4.78, 5) is 33.0. The van der Waals surface area contributed by atoms with Crippen LogP contribution in [0.1, 0.15) is 50.9 Å². The van der Waals surface area contributed by atoms with Gasteiger partial charge in [0.15, 0.2) is 0 Å². The van der Waals surface area contributed by atoms with Crippen LogP contribution in [0.15, 0.2) is 18.3 Å². The van der Waals surface area contributed by atoms with E-state index in [1.165, 1.54) is 0 Å². The van der Waals surface area contributed by atoms with Gasteiger partial charge in [-0.05, 0) is 52.5 Å². The molecule has 2 aliphatic heterocycles. The largest absolute Gasteiger partial charge is 0.477 e. The van der Waals surface area contributed by atoms with Crippen molar-refractivity contribution in [2.24, 2.45) is 5.92 Å². The van der Waals surface area contributed by atoms with Crippen molar-refractivity contribution in [1.29, 1.82) is 0 Å². The van der Waals surface area contributed by atoms with Gasteiger partial charge in [0.25, 0.3) is 5.91 Å². The van der Waals surface area contributed by atoms with E-state index in [-0.39, 0.29) is 18.0 Å². The van der Waals surface area contributed by atoms with Gasteiger partial charge < -0.3 is 24.0 Å². The van der Waals surface area contributed by atoms with Crippen molar-refractivity contribution in [3.05, 3.63) is 23.9 Å². The predicted octanol–water partition coefficient (Wildman–Crippen LogP) is 2.97. The van der Waals surface area contributed by atoms with Gasteiger partial charge in [0, 0.05) is 51.2 Å². The van der Waals surface area contributed by atoms with Gasteiger partial charge in [0.2, 0.25) is 5.88 Å². The monoisotopic (exact) mass is 419 g/mol. The summed E-state index contributed by atoms with van der Waals surface area (Å²) in [6, 6.07) is 3.39. The minimum Gasteiger partial charge on any atom is -0.477 e. The molecule has 30 heavy (non-hydrogen) atoms. The number of rotatable bonds is 4. The van der Waals surface area contributed by atoms with Crippen LogP contribution in [0, 0.1) is 5.92 Å². The maximum absolute atomic E-state index is 12.9. The molecule has 1 unspecified atom stereocenters. The van der Waals surface area contributed by atoms with Crippen LogP contribution in [-0.2, 0) is 9.47 Å². The quantitative estimate of drug-likeness (QED) is 0.746. The fourth-order valence-corrected chi connectivity index (χ4v) is 3.63. The molecular weight excluding hydrogens is 386 g/mol. The zero-order valence-electron chi connectivity index (χ0n) is 18.4. The summed E-state index contributed by atoms with van der Waals surface area (Å²) >= 11 is 0. The third-order valence-corrected chi connectivity index (χ3v) is 5.33. The molecule has 1 aromatic rings. The van der Waals surface area contributed by atoms with Crippen molar-refractivity contribution in [3.63, 3.8) is 0 Å². The second-order valence-electron chi connectivity index (χ2n) is 9.03. The van der Waals surface area contributed by atoms with Crippen LogP contribution >= 0.6 is 0 Å². The predicted molar refractivity (Wildman–Crippen MR) is 112 cm³/mol. The van der Waals surface area contributed by atoms with E-state index in [9.17, 15) is 9.59 Å². The van der Waals surface area contributed by atoms with Gasteiger partial charge in [0.05, 0.1) is 12.2 Å². The fraction of sp³-hybridized carbons (Fsp3) is 0.682. The number of aromatic nitrogens is 1. The molecule has 2 aliphatic rings. The lowest BCUT2D eigenvalue weighted by Gasteiger charge is -2.40. The number of piperazine rings is 1. The maximum Gasteiger partial charge on any atom is 0.410 e. The van der Waals surface area contributed by atoms with Crippen molar-refractivity contribution in [1.82, 2.24) is 14.8 Å². The average molecular weight is 420 g/mol. The van der Waals surface area contributed by atoms with Gasteiger partial charge in [-0.1, -0.05) is 0 Å². The van der Waals surface area contributed by atoms with Crippen LogP contribution in [-0.4, -0.2) is 77.9 Å². The Hall–Kier alpha value is -2.35. The molecular formula is C22H33N3O5. The van der Waals surface area contributed by atoms with Crippen LogP contribution in [0.5, 0.6) is 5.88 Å². The number of amides is 2. The minimum absolute atomic E-state index is 0.0881. The number of nitrogens with zero attached hydrogens (tertiary/aromatic N) is 3. The highest BCUT2D eigenvalue weighted by Gasteiger charge is 2.32. The summed E-state index contributed by atoms with van der Waals surface area (Å²) in [7, 11) is 0. The van der Waals surface area contributed by atoms with Gasteiger partial charge in [-0.15, -0.1) is 0 Å². The molecule has 3 heterocycles. The van der Waals surface area contributed by atoms with E-state index in [2.05, 4.69) is 4.98 Å². The molecule has 0 radical (unpaired) electrons. The van der Waals surface area contributed by atoms with Crippen LogP contribution in [0.4, 0.5) is 4.79 Å². The lowest BCUT2D eigenvalue weighted by Crippen LogP contribution is -2.56. The number of ether oxygens (including phenoxy) is 3. The minimum atomic E-state index is -0.534. The molecule has 3 rings (SSSR count). The first-order valence-corrected chi connectivity index (χ1v) is 10.7. The normalized spacial score (nSPS) is 20.7. The van der Waals surface area contributed by atoms with Crippen molar-refractivity contribution in [2.45, 2.75) is 52.2 Å². The molecule has 0 aliphatic carbocycles. The molecule has 166 valence electrons. The molecule has 2 amide bonds. The van der Waals surface area contributed by atoms with Gasteiger partial charge in [-0.25, -0.2) is 9.78 Å². The summed E-state index contributed by atoms with van der Waals surface area (Å²) in [6.45, 7) is 11.0. The Kier molecular flexibility index (Phi) is 7.18. The van der Waals surface area contributed by atoms with Crippen molar-refractivity contribution in [3.8, 4) is 5.88 Å². The SMILES string of the molecule is CC1CN(C(=O)OC(C)(C)C)CCN1C(=O)c1ccc(OCC2CCOCC2)nc1. The Morgan fingerprint density at radius 3 is 2.53 bits per heavy atom. The van der Waals surface area contributed by atoms with Gasteiger partial charge >= 0.3 is 6.09 Å². The number of hydrogen-bond donors (Lipinski definition) is 0. The molecule has 1 atom stereocenters. The second kappa shape index (κ2) is 9.64. The summed E-state index contributed by atoms with van der Waals surface area (Å²) in [5, 5.41) is 0. The smallest absolute Gasteiger partial charge is 0.410 e. The van der Waals surface area contributed by atoms with E-state index < -0.39 is 5.60 Å². The Morgan fingerprint density at radius 2 is 1.93 bits per heavy atom. The van der Waals surface area contributed by atoms with Crippen LogP contribution < -0.4 is 4.74 Å². The van der Waals surface area contributed by atoms with Crippen LogP contribution in [0.25, 0.3) is 0 Å². The summed E-state index contributed by atoms with van der Waals surface area (Å²) < 4.78 is 16.6. The third kappa shape index (κ3) is 6.08. The molecule has 1 aromatic heterocycles. The molecule has 0 saturated carbocycles. The maximum atomic E-state index is 12.9. The third-order valence-electron chi connectivity index (χ3n) is 5.33. The second-order valence-corrected chi connectivity index (χ2v) is 9.03. The highest BCUT2D eigenvalue weighted by molar-refractivity contribution is 5.94. The highest BCUT2D eigenvalue weighted by Crippen LogP contribution is 2.19. The van der Waals surface area contributed by atoms with Gasteiger partial charge in [0.1, 0.15) is 5.60 Å². The number of carbonyl (C=O) groups excluding carboxylic acids is 2. The van der Waals surface area contributed by atoms with E-state index in [0.29, 0.717) is 43.6 Å². The van der Waals surface area contributed by atoms with Crippen molar-refractivity contribution in [2.75, 3.05) is 39.5 Å². The standard InChI is InChI=1S/C22H33N3O5/c1-16-14-24(21(27)30-22(2,3)4)9-10-25(16)20(26)18-5-6-19(23-13-18)29-15-17-7-11-28-12-8-17/h5-6,13,16-17H,7-12,14-15H2,1-4H3. The van der Waals surface area contributed by atoms with E-state index in [1.54, 1.807) is 28.1 Å². The number of hydrogen-bond acceptors (Lipinski definition) is 6. The van der Waals surface area contributed by atoms with Gasteiger partial charge in [-0.2, -0.15) is 0 Å². The highest BCUT2D eigenvalue weighted by atomic mass is 16.6. The summed E-state index contributed by atoms with van der Waals surface area (Å²) in [5.74, 6) is 0.930. The fourth-order valence-electron chi connectivity index (χ4n) is 3.63. The molecule has 8 nitrogen and oxygen atoms in total. The van der Waals surface area contributed by atoms with E-state index >= 15 is 0 Å². The van der Waals surface area contributed by atoms with Crippen molar-refractivity contribution < 1.29 is 23.8 Å². The number of pyridine rings is 1. The molecule has 2 fully saturated rings. The Balaban J connectivity index is 1.51. The Morgan fingerprint density at radius 1 is 1.20 bits per heavy atom. The lowest BCUT2D eigenvalue weighted by atomic mass is 10.0. The topological polar surface area (TPSA) is 81.2 Å². The molecule has 2 saturated heterocycles. The van der Waals surface area contributed by atoms with Gasteiger partial charge in [-0.3, -0.25) is 4.79 Å². The number of carbonyl (C=O) groups is 2.